The number of carbonyl (C=O) groups excluding carboxylic acids is 1. The zero-order valence-corrected chi connectivity index (χ0v) is 12.9. The number of carbonyl (C=O) groups is 1. The van der Waals surface area contributed by atoms with Crippen LogP contribution in [0.3, 0.4) is 0 Å². The Morgan fingerprint density at radius 3 is 2.81 bits per heavy atom. The molecule has 0 bridgehead atoms. The number of imidazole rings is 1. The maximum absolute atomic E-state index is 11.9. The maximum atomic E-state index is 11.9. The molecule has 1 atom stereocenters. The maximum Gasteiger partial charge on any atom is 0.228 e. The molecular weight excluding hydrogens is 313 g/mol. The van der Waals surface area contributed by atoms with Crippen LogP contribution >= 0.6 is 24.8 Å². The molecule has 0 spiro atoms. The molecule has 3 heterocycles. The zero-order valence-electron chi connectivity index (χ0n) is 11.2. The summed E-state index contributed by atoms with van der Waals surface area (Å²) in [7, 11) is 0. The third-order valence-corrected chi connectivity index (χ3v) is 3.22. The first kappa shape index (κ1) is 17.4. The molecule has 3 rings (SSSR count). The van der Waals surface area contributed by atoms with Gasteiger partial charge in [0.05, 0.1) is 17.8 Å². The summed E-state index contributed by atoms with van der Waals surface area (Å²) < 4.78 is 1.81. The van der Waals surface area contributed by atoms with Crippen molar-refractivity contribution in [2.45, 2.75) is 6.42 Å². The van der Waals surface area contributed by atoms with E-state index < -0.39 is 0 Å². The Kier molecular flexibility index (Phi) is 6.61. The van der Waals surface area contributed by atoms with Crippen molar-refractivity contribution in [3.8, 4) is 5.82 Å². The third kappa shape index (κ3) is 4.17. The molecule has 21 heavy (non-hydrogen) atoms. The van der Waals surface area contributed by atoms with Crippen molar-refractivity contribution in [3.05, 3.63) is 37.1 Å². The summed E-state index contributed by atoms with van der Waals surface area (Å²) in [6.45, 7) is 1.67. The van der Waals surface area contributed by atoms with E-state index in [1.165, 1.54) is 0 Å². The number of nitrogens with zero attached hydrogens (tertiary/aromatic N) is 3. The molecule has 114 valence electrons. The fourth-order valence-electron chi connectivity index (χ4n) is 2.13. The van der Waals surface area contributed by atoms with Gasteiger partial charge in [-0.05, 0) is 25.1 Å². The molecule has 0 saturated carbocycles. The second-order valence-corrected chi connectivity index (χ2v) is 4.55. The predicted octanol–water partition coefficient (Wildman–Crippen LogP) is 1.66. The van der Waals surface area contributed by atoms with Crippen LogP contribution in [0.2, 0.25) is 0 Å². The normalized spacial score (nSPS) is 16.7. The van der Waals surface area contributed by atoms with Crippen LogP contribution in [0, 0.1) is 5.92 Å². The zero-order chi connectivity index (χ0) is 13.1. The number of halogens is 2. The van der Waals surface area contributed by atoms with Gasteiger partial charge in [-0.1, -0.05) is 0 Å². The molecule has 0 aromatic carbocycles. The highest BCUT2D eigenvalue weighted by Gasteiger charge is 2.22. The predicted molar refractivity (Wildman–Crippen MR) is 85.5 cm³/mol. The average molecular weight is 330 g/mol. The van der Waals surface area contributed by atoms with Crippen molar-refractivity contribution in [1.82, 2.24) is 19.9 Å². The molecule has 2 N–H and O–H groups in total. The lowest BCUT2D eigenvalue weighted by atomic mass is 10.1. The molecule has 8 heteroatoms. The van der Waals surface area contributed by atoms with E-state index in [4.69, 9.17) is 0 Å². The van der Waals surface area contributed by atoms with Crippen molar-refractivity contribution in [2.24, 2.45) is 5.92 Å². The molecule has 1 aliphatic heterocycles. The van der Waals surface area contributed by atoms with Crippen LogP contribution in [0.4, 0.5) is 5.69 Å². The van der Waals surface area contributed by atoms with Crippen molar-refractivity contribution in [2.75, 3.05) is 18.4 Å². The molecule has 1 fully saturated rings. The van der Waals surface area contributed by atoms with E-state index in [0.717, 1.165) is 31.0 Å². The minimum Gasteiger partial charge on any atom is -0.324 e. The lowest BCUT2D eigenvalue weighted by Crippen LogP contribution is -2.24. The fraction of sp³-hybridized carbons (Fsp3) is 0.308. The van der Waals surface area contributed by atoms with Crippen molar-refractivity contribution < 1.29 is 4.79 Å². The number of hydrogen-bond acceptors (Lipinski definition) is 4. The van der Waals surface area contributed by atoms with Crippen LogP contribution in [0.25, 0.3) is 5.82 Å². The van der Waals surface area contributed by atoms with Gasteiger partial charge in [0, 0.05) is 18.9 Å². The number of amides is 1. The summed E-state index contributed by atoms with van der Waals surface area (Å²) in [4.78, 5) is 20.2. The Morgan fingerprint density at radius 2 is 2.24 bits per heavy atom. The third-order valence-electron chi connectivity index (χ3n) is 3.22. The fourth-order valence-corrected chi connectivity index (χ4v) is 2.13. The molecule has 0 radical (unpaired) electrons. The highest BCUT2D eigenvalue weighted by Crippen LogP contribution is 2.13. The molecule has 1 aliphatic rings. The smallest absolute Gasteiger partial charge is 0.228 e. The minimum atomic E-state index is 0. The molecule has 0 aliphatic carbocycles. The van der Waals surface area contributed by atoms with Crippen LogP contribution < -0.4 is 10.6 Å². The monoisotopic (exact) mass is 329 g/mol. The summed E-state index contributed by atoms with van der Waals surface area (Å²) in [5.74, 6) is 0.897. The summed E-state index contributed by atoms with van der Waals surface area (Å²) in [6, 6.07) is 3.70. The SMILES string of the molecule is Cl.Cl.O=C(Nc1ccc(-n2ccnc2)nc1)C1CCNC1. The van der Waals surface area contributed by atoms with Gasteiger partial charge in [-0.25, -0.2) is 9.97 Å². The molecule has 1 unspecified atom stereocenters. The second kappa shape index (κ2) is 7.97. The summed E-state index contributed by atoms with van der Waals surface area (Å²) >= 11 is 0. The molecular formula is C13H17Cl2N5O. The van der Waals surface area contributed by atoms with Gasteiger partial charge in [-0.2, -0.15) is 0 Å². The van der Waals surface area contributed by atoms with Crippen molar-refractivity contribution >= 4 is 36.4 Å². The Labute approximate surface area is 135 Å². The van der Waals surface area contributed by atoms with Gasteiger partial charge < -0.3 is 10.6 Å². The van der Waals surface area contributed by atoms with Crippen LogP contribution in [-0.2, 0) is 4.79 Å². The van der Waals surface area contributed by atoms with Crippen molar-refractivity contribution in [1.29, 1.82) is 0 Å². The standard InChI is InChI=1S/C13H15N5O.2ClH/c19-13(10-3-4-14-7-10)17-11-1-2-12(16-8-11)18-6-5-15-9-18;;/h1-2,5-6,8-10,14H,3-4,7H2,(H,17,19);2*1H. The topological polar surface area (TPSA) is 71.8 Å². The summed E-state index contributed by atoms with van der Waals surface area (Å²) in [6.07, 6.45) is 7.77. The van der Waals surface area contributed by atoms with Crippen LogP contribution in [0.15, 0.2) is 37.1 Å². The number of anilines is 1. The number of pyridine rings is 1. The van der Waals surface area contributed by atoms with Gasteiger partial charge in [0.2, 0.25) is 5.91 Å². The lowest BCUT2D eigenvalue weighted by molar-refractivity contribution is -0.119. The lowest BCUT2D eigenvalue weighted by Gasteiger charge is -2.10. The van der Waals surface area contributed by atoms with Gasteiger partial charge in [0.25, 0.3) is 0 Å². The number of hydrogen-bond donors (Lipinski definition) is 2. The van der Waals surface area contributed by atoms with Gasteiger partial charge >= 0.3 is 0 Å². The largest absolute Gasteiger partial charge is 0.324 e. The molecule has 1 saturated heterocycles. The van der Waals surface area contributed by atoms with E-state index in [0.29, 0.717) is 0 Å². The minimum absolute atomic E-state index is 0. The van der Waals surface area contributed by atoms with Gasteiger partial charge in [0.1, 0.15) is 12.1 Å². The first-order chi connectivity index (χ1) is 9.33. The van der Waals surface area contributed by atoms with E-state index in [1.807, 2.05) is 22.9 Å². The molecule has 1 amide bonds. The van der Waals surface area contributed by atoms with Crippen molar-refractivity contribution in [3.63, 3.8) is 0 Å². The second-order valence-electron chi connectivity index (χ2n) is 4.55. The van der Waals surface area contributed by atoms with E-state index in [9.17, 15) is 4.79 Å². The van der Waals surface area contributed by atoms with Gasteiger partial charge in [-0.15, -0.1) is 24.8 Å². The van der Waals surface area contributed by atoms with Crippen LogP contribution in [0.5, 0.6) is 0 Å². The van der Waals surface area contributed by atoms with Crippen LogP contribution in [0.1, 0.15) is 6.42 Å². The molecule has 2 aromatic rings. The number of nitrogens with one attached hydrogen (secondary N) is 2. The van der Waals surface area contributed by atoms with Crippen LogP contribution in [-0.4, -0.2) is 33.5 Å². The highest BCUT2D eigenvalue weighted by atomic mass is 35.5. The average Bonchev–Trinajstić information content (AvgIpc) is 3.13. The van der Waals surface area contributed by atoms with E-state index >= 15 is 0 Å². The Bertz CT molecular complexity index is 552. The quantitative estimate of drug-likeness (QED) is 0.898. The van der Waals surface area contributed by atoms with Gasteiger partial charge in [0.15, 0.2) is 0 Å². The Hall–Kier alpha value is -1.63. The summed E-state index contributed by atoms with van der Waals surface area (Å²) in [5, 5.41) is 6.07. The van der Waals surface area contributed by atoms with Gasteiger partial charge in [-0.3, -0.25) is 9.36 Å². The first-order valence-corrected chi connectivity index (χ1v) is 6.29. The Balaban J connectivity index is 0.00000110. The highest BCUT2D eigenvalue weighted by molar-refractivity contribution is 5.92. The number of rotatable bonds is 3. The van der Waals surface area contributed by atoms with E-state index in [2.05, 4.69) is 20.6 Å². The molecule has 6 nitrogen and oxygen atoms in total. The Morgan fingerprint density at radius 1 is 1.38 bits per heavy atom. The first-order valence-electron chi connectivity index (χ1n) is 6.29. The van der Waals surface area contributed by atoms with E-state index in [-0.39, 0.29) is 36.6 Å². The van der Waals surface area contributed by atoms with E-state index in [1.54, 1.807) is 18.7 Å². The number of aromatic nitrogens is 3. The molecule has 2 aromatic heterocycles. The summed E-state index contributed by atoms with van der Waals surface area (Å²) in [5.41, 5.74) is 0.723.